The molecule has 0 aliphatic heterocycles. The van der Waals surface area contributed by atoms with Gasteiger partial charge in [0.2, 0.25) is 5.91 Å². The summed E-state index contributed by atoms with van der Waals surface area (Å²) in [5.74, 6) is -0.393. The number of hydrogen-bond acceptors (Lipinski definition) is 4. The van der Waals surface area contributed by atoms with E-state index in [0.29, 0.717) is 6.42 Å². The molecular weight excluding hydrogens is 252 g/mol. The van der Waals surface area contributed by atoms with Crippen LogP contribution in [0.4, 0.5) is 0 Å². The van der Waals surface area contributed by atoms with Gasteiger partial charge in [-0.3, -0.25) is 4.79 Å². The lowest BCUT2D eigenvalue weighted by Gasteiger charge is -2.17. The number of carbonyl (C=O) groups is 1. The minimum Gasteiger partial charge on any atom is -0.352 e. The third kappa shape index (κ3) is 4.57. The maximum Gasteiger partial charge on any atom is 0.238 e. The van der Waals surface area contributed by atoms with Crippen LogP contribution in [0.15, 0.2) is 0 Å². The third-order valence-corrected chi connectivity index (χ3v) is 5.56. The molecule has 1 saturated carbocycles. The highest BCUT2D eigenvalue weighted by Gasteiger charge is 2.29. The highest BCUT2D eigenvalue weighted by molar-refractivity contribution is 7.92. The third-order valence-electron chi connectivity index (χ3n) is 3.47. The second-order valence-corrected chi connectivity index (χ2v) is 7.71. The summed E-state index contributed by atoms with van der Waals surface area (Å²) in [6, 6.07) is -0.00606. The van der Waals surface area contributed by atoms with Gasteiger partial charge in [0, 0.05) is 12.1 Å². The first kappa shape index (κ1) is 15.4. The minimum atomic E-state index is -3.39. The van der Waals surface area contributed by atoms with Gasteiger partial charge in [-0.05, 0) is 33.1 Å². The molecule has 6 heteroatoms. The maximum absolute atomic E-state index is 11.9. The molecule has 0 aromatic carbocycles. The van der Waals surface area contributed by atoms with E-state index in [2.05, 4.69) is 5.32 Å². The van der Waals surface area contributed by atoms with Crippen LogP contribution in [0.5, 0.6) is 0 Å². The normalized spacial score (nSPS) is 20.6. The van der Waals surface area contributed by atoms with Crippen LogP contribution >= 0.6 is 0 Å². The van der Waals surface area contributed by atoms with Crippen molar-refractivity contribution in [2.45, 2.75) is 63.3 Å². The molecule has 3 N–H and O–H groups in total. The van der Waals surface area contributed by atoms with Gasteiger partial charge in [0.05, 0.1) is 5.75 Å². The van der Waals surface area contributed by atoms with E-state index in [-0.39, 0.29) is 23.7 Å². The lowest BCUT2D eigenvalue weighted by atomic mass is 10.2. The van der Waals surface area contributed by atoms with Gasteiger partial charge in [0.25, 0.3) is 0 Å². The minimum absolute atomic E-state index is 0.0239. The summed E-state index contributed by atoms with van der Waals surface area (Å²) >= 11 is 0. The van der Waals surface area contributed by atoms with E-state index in [0.717, 1.165) is 25.7 Å². The smallest absolute Gasteiger partial charge is 0.238 e. The lowest BCUT2D eigenvalue weighted by molar-refractivity contribution is -0.121. The fourth-order valence-corrected chi connectivity index (χ4v) is 3.53. The average molecular weight is 276 g/mol. The van der Waals surface area contributed by atoms with Crippen LogP contribution in [-0.4, -0.2) is 37.4 Å². The zero-order valence-corrected chi connectivity index (χ0v) is 12.0. The predicted molar refractivity (Wildman–Crippen MR) is 71.9 cm³/mol. The van der Waals surface area contributed by atoms with Crippen molar-refractivity contribution in [3.63, 3.8) is 0 Å². The van der Waals surface area contributed by atoms with Crippen molar-refractivity contribution in [1.82, 2.24) is 5.32 Å². The summed E-state index contributed by atoms with van der Waals surface area (Å²) in [5.41, 5.74) is 5.54. The summed E-state index contributed by atoms with van der Waals surface area (Å²) in [7, 11) is -3.39. The van der Waals surface area contributed by atoms with Gasteiger partial charge in [-0.25, -0.2) is 8.42 Å². The van der Waals surface area contributed by atoms with E-state index in [9.17, 15) is 13.2 Å². The van der Waals surface area contributed by atoms with Crippen LogP contribution in [0.2, 0.25) is 0 Å². The van der Waals surface area contributed by atoms with Gasteiger partial charge >= 0.3 is 0 Å². The van der Waals surface area contributed by atoms with Crippen LogP contribution in [0.1, 0.15) is 46.0 Å². The highest BCUT2D eigenvalue weighted by Crippen LogP contribution is 2.18. The Bertz CT molecular complexity index is 373. The van der Waals surface area contributed by atoms with E-state index >= 15 is 0 Å². The second-order valence-electron chi connectivity index (χ2n) is 5.27. The van der Waals surface area contributed by atoms with Crippen LogP contribution in [0.25, 0.3) is 0 Å². The monoisotopic (exact) mass is 276 g/mol. The standard InChI is InChI=1S/C12H24N2O3S/c1-9(13)7-8-18(16,17)10(2)12(15)14-11-5-3-4-6-11/h9-11H,3-8,13H2,1-2H3,(H,14,15). The van der Waals surface area contributed by atoms with Crippen molar-refractivity contribution in [1.29, 1.82) is 0 Å². The van der Waals surface area contributed by atoms with Crippen LogP contribution in [-0.2, 0) is 14.6 Å². The summed E-state index contributed by atoms with van der Waals surface area (Å²) in [6.07, 6.45) is 4.52. The summed E-state index contributed by atoms with van der Waals surface area (Å²) in [4.78, 5) is 11.9. The van der Waals surface area contributed by atoms with E-state index in [4.69, 9.17) is 5.73 Å². The Morgan fingerprint density at radius 1 is 1.33 bits per heavy atom. The number of sulfone groups is 1. The molecule has 0 radical (unpaired) electrons. The Kier molecular flexibility index (Phi) is 5.59. The summed E-state index contributed by atoms with van der Waals surface area (Å²) in [6.45, 7) is 3.22. The maximum atomic E-state index is 11.9. The van der Waals surface area contributed by atoms with E-state index in [1.807, 2.05) is 0 Å². The van der Waals surface area contributed by atoms with Crippen LogP contribution < -0.4 is 11.1 Å². The van der Waals surface area contributed by atoms with Crippen molar-refractivity contribution in [3.05, 3.63) is 0 Å². The number of hydrogen-bond donors (Lipinski definition) is 2. The Labute approximate surface area is 109 Å². The van der Waals surface area contributed by atoms with E-state index < -0.39 is 15.1 Å². The van der Waals surface area contributed by atoms with Crippen molar-refractivity contribution in [2.75, 3.05) is 5.75 Å². The SMILES string of the molecule is CC(N)CCS(=O)(=O)C(C)C(=O)NC1CCCC1. The van der Waals surface area contributed by atoms with Gasteiger partial charge in [0.15, 0.2) is 9.84 Å². The van der Waals surface area contributed by atoms with Gasteiger partial charge in [-0.1, -0.05) is 12.8 Å². The Hall–Kier alpha value is -0.620. The lowest BCUT2D eigenvalue weighted by Crippen LogP contribution is -2.43. The topological polar surface area (TPSA) is 89.3 Å². The van der Waals surface area contributed by atoms with E-state index in [1.54, 1.807) is 6.92 Å². The van der Waals surface area contributed by atoms with Gasteiger partial charge in [-0.15, -0.1) is 0 Å². The molecule has 106 valence electrons. The largest absolute Gasteiger partial charge is 0.352 e. The number of nitrogens with two attached hydrogens (primary N) is 1. The molecule has 1 fully saturated rings. The van der Waals surface area contributed by atoms with Crippen LogP contribution in [0.3, 0.4) is 0 Å². The first-order chi connectivity index (χ1) is 8.33. The zero-order chi connectivity index (χ0) is 13.8. The zero-order valence-electron chi connectivity index (χ0n) is 11.2. The average Bonchev–Trinajstić information content (AvgIpc) is 2.78. The molecule has 1 aliphatic carbocycles. The molecule has 0 saturated heterocycles. The molecule has 5 nitrogen and oxygen atoms in total. The van der Waals surface area contributed by atoms with Crippen molar-refractivity contribution in [2.24, 2.45) is 5.73 Å². The van der Waals surface area contributed by atoms with Gasteiger partial charge in [-0.2, -0.15) is 0 Å². The first-order valence-electron chi connectivity index (χ1n) is 6.60. The quantitative estimate of drug-likeness (QED) is 0.743. The fourth-order valence-electron chi connectivity index (χ4n) is 2.08. The second kappa shape index (κ2) is 6.52. The van der Waals surface area contributed by atoms with Crippen molar-refractivity contribution < 1.29 is 13.2 Å². The number of rotatable bonds is 6. The molecule has 18 heavy (non-hydrogen) atoms. The molecule has 1 rings (SSSR count). The molecule has 0 heterocycles. The fraction of sp³-hybridized carbons (Fsp3) is 0.917. The molecule has 0 aromatic rings. The van der Waals surface area contributed by atoms with Crippen molar-refractivity contribution >= 4 is 15.7 Å². The predicted octanol–water partition coefficient (Wildman–Crippen LogP) is 0.586. The summed E-state index contributed by atoms with van der Waals surface area (Å²) < 4.78 is 23.9. The Morgan fingerprint density at radius 2 is 1.89 bits per heavy atom. The highest BCUT2D eigenvalue weighted by atomic mass is 32.2. The summed E-state index contributed by atoms with van der Waals surface area (Å²) in [5, 5.41) is 1.85. The molecule has 0 bridgehead atoms. The van der Waals surface area contributed by atoms with Gasteiger partial charge in [0.1, 0.15) is 5.25 Å². The number of amides is 1. The number of carbonyl (C=O) groups excluding carboxylic acids is 1. The number of nitrogens with one attached hydrogen (secondary N) is 1. The molecule has 0 spiro atoms. The molecule has 2 atom stereocenters. The Balaban J connectivity index is 2.50. The Morgan fingerprint density at radius 3 is 2.39 bits per heavy atom. The molecule has 1 amide bonds. The van der Waals surface area contributed by atoms with Crippen molar-refractivity contribution in [3.8, 4) is 0 Å². The molecule has 2 unspecified atom stereocenters. The van der Waals surface area contributed by atoms with E-state index in [1.165, 1.54) is 6.92 Å². The molecular formula is C12H24N2O3S. The first-order valence-corrected chi connectivity index (χ1v) is 8.32. The van der Waals surface area contributed by atoms with Crippen LogP contribution in [0, 0.1) is 0 Å². The molecule has 1 aliphatic rings. The van der Waals surface area contributed by atoms with Gasteiger partial charge < -0.3 is 11.1 Å². The molecule has 0 aromatic heterocycles.